The van der Waals surface area contributed by atoms with Gasteiger partial charge in [0.25, 0.3) is 5.56 Å². The van der Waals surface area contributed by atoms with Gasteiger partial charge in [0, 0.05) is 12.3 Å². The molecule has 0 radical (unpaired) electrons. The van der Waals surface area contributed by atoms with Gasteiger partial charge in [-0.3, -0.25) is 9.36 Å². The highest BCUT2D eigenvalue weighted by Crippen LogP contribution is 2.33. The second kappa shape index (κ2) is 5.10. The lowest BCUT2D eigenvalue weighted by molar-refractivity contribution is 0.0696. The molecule has 0 aliphatic carbocycles. The zero-order valence-electron chi connectivity index (χ0n) is 10.1. The normalized spacial score (nSPS) is 11.0. The van der Waals surface area contributed by atoms with Crippen LogP contribution in [0.25, 0.3) is 16.7 Å². The monoisotopic (exact) mass is 341 g/mol. The number of aromatic nitrogens is 3. The van der Waals surface area contributed by atoms with Crippen LogP contribution in [-0.2, 0) is 0 Å². The van der Waals surface area contributed by atoms with Gasteiger partial charge in [-0.15, -0.1) is 0 Å². The number of fused-ring (bicyclic) bond motifs is 1. The predicted molar refractivity (Wildman–Crippen MR) is 80.0 cm³/mol. The van der Waals surface area contributed by atoms with Crippen LogP contribution in [0.4, 0.5) is 0 Å². The summed E-state index contributed by atoms with van der Waals surface area (Å²) in [5, 5.41) is 9.54. The van der Waals surface area contributed by atoms with E-state index in [-0.39, 0.29) is 16.3 Å². The van der Waals surface area contributed by atoms with Crippen molar-refractivity contribution in [3.05, 3.63) is 50.4 Å². The summed E-state index contributed by atoms with van der Waals surface area (Å²) in [7, 11) is 0. The lowest BCUT2D eigenvalue weighted by Gasteiger charge is -2.09. The molecule has 9 heteroatoms. The van der Waals surface area contributed by atoms with Crippen LogP contribution in [0, 0.1) is 0 Å². The van der Waals surface area contributed by atoms with E-state index in [9.17, 15) is 9.59 Å². The van der Waals surface area contributed by atoms with Gasteiger partial charge >= 0.3 is 5.97 Å². The number of benzene rings is 1. The fourth-order valence-corrected chi connectivity index (χ4v) is 3.08. The van der Waals surface area contributed by atoms with Gasteiger partial charge in [0.05, 0.1) is 33.0 Å². The van der Waals surface area contributed by atoms with E-state index in [4.69, 9.17) is 28.3 Å². The summed E-state index contributed by atoms with van der Waals surface area (Å²) < 4.78 is 9.26. The van der Waals surface area contributed by atoms with E-state index in [0.717, 1.165) is 22.4 Å². The second-order valence-corrected chi connectivity index (χ2v) is 5.42. The summed E-state index contributed by atoms with van der Waals surface area (Å²) >= 11 is 13.1. The Kier molecular flexibility index (Phi) is 3.40. The first-order valence-electron chi connectivity index (χ1n) is 5.55. The molecule has 0 aliphatic heterocycles. The minimum absolute atomic E-state index is 0.0445. The van der Waals surface area contributed by atoms with Crippen LogP contribution < -0.4 is 5.56 Å². The van der Waals surface area contributed by atoms with Crippen LogP contribution in [-0.4, -0.2) is 24.4 Å². The number of hydrogen-bond donors (Lipinski definition) is 1. The first kappa shape index (κ1) is 14.0. The summed E-state index contributed by atoms with van der Waals surface area (Å²) in [6.07, 6.45) is 1.19. The molecule has 3 rings (SSSR count). The SMILES string of the molecule is O=C(O)c1ccc(=O)n(-c2c(Cl)cc(Cl)c3nsnc23)c1. The smallest absolute Gasteiger partial charge is 0.337 e. The third kappa shape index (κ3) is 2.29. The highest BCUT2D eigenvalue weighted by molar-refractivity contribution is 7.00. The number of carboxylic acids is 1. The fourth-order valence-electron chi connectivity index (χ4n) is 1.88. The zero-order chi connectivity index (χ0) is 15.1. The molecule has 3 aromatic rings. The van der Waals surface area contributed by atoms with Crippen LogP contribution in [0.5, 0.6) is 0 Å². The molecule has 1 N–H and O–H groups in total. The fraction of sp³-hybridized carbons (Fsp3) is 0. The lowest BCUT2D eigenvalue weighted by Crippen LogP contribution is -2.19. The van der Waals surface area contributed by atoms with E-state index in [2.05, 4.69) is 8.75 Å². The Bertz CT molecular complexity index is 935. The summed E-state index contributed by atoms with van der Waals surface area (Å²) in [6.45, 7) is 0. The average molecular weight is 342 g/mol. The molecule has 0 fully saturated rings. The highest BCUT2D eigenvalue weighted by Gasteiger charge is 2.17. The van der Waals surface area contributed by atoms with Gasteiger partial charge in [0.1, 0.15) is 11.0 Å². The molecule has 21 heavy (non-hydrogen) atoms. The van der Waals surface area contributed by atoms with E-state index >= 15 is 0 Å². The maximum absolute atomic E-state index is 12.0. The molecule has 0 unspecified atom stereocenters. The summed E-state index contributed by atoms with van der Waals surface area (Å²) in [6, 6.07) is 3.82. The van der Waals surface area contributed by atoms with Crippen molar-refractivity contribution >= 4 is 51.9 Å². The molecule has 0 amide bonds. The maximum atomic E-state index is 12.0. The Balaban J connectivity index is 2.40. The number of carboxylic acid groups (broad SMARTS) is 1. The van der Waals surface area contributed by atoms with Crippen molar-refractivity contribution in [3.8, 4) is 5.69 Å². The van der Waals surface area contributed by atoms with Gasteiger partial charge < -0.3 is 5.11 Å². The van der Waals surface area contributed by atoms with Crippen LogP contribution in [0.1, 0.15) is 10.4 Å². The van der Waals surface area contributed by atoms with Crippen molar-refractivity contribution < 1.29 is 9.90 Å². The van der Waals surface area contributed by atoms with Crippen molar-refractivity contribution in [2.24, 2.45) is 0 Å². The van der Waals surface area contributed by atoms with Gasteiger partial charge in [-0.05, 0) is 12.1 Å². The zero-order valence-corrected chi connectivity index (χ0v) is 12.4. The van der Waals surface area contributed by atoms with Gasteiger partial charge in [-0.2, -0.15) is 8.75 Å². The Hall–Kier alpha value is -1.96. The van der Waals surface area contributed by atoms with Crippen molar-refractivity contribution in [3.63, 3.8) is 0 Å². The minimum atomic E-state index is -1.15. The van der Waals surface area contributed by atoms with Gasteiger partial charge in [-0.1, -0.05) is 23.2 Å². The topological polar surface area (TPSA) is 85.1 Å². The Labute approximate surface area is 131 Å². The van der Waals surface area contributed by atoms with Crippen LogP contribution in [0.2, 0.25) is 10.0 Å². The largest absolute Gasteiger partial charge is 0.478 e. The van der Waals surface area contributed by atoms with Crippen LogP contribution in [0.15, 0.2) is 29.2 Å². The molecular formula is C12H5Cl2N3O3S. The van der Waals surface area contributed by atoms with Crippen molar-refractivity contribution in [1.29, 1.82) is 0 Å². The lowest BCUT2D eigenvalue weighted by atomic mass is 10.2. The standard InChI is InChI=1S/C12H5Cl2N3O3S/c13-6-3-7(14)11(10-9(6)15-21-16-10)17-4-5(12(19)20)1-2-8(17)18/h1-4H,(H,19,20). The minimum Gasteiger partial charge on any atom is -0.478 e. The first-order valence-corrected chi connectivity index (χ1v) is 7.04. The Morgan fingerprint density at radius 3 is 2.62 bits per heavy atom. The van der Waals surface area contributed by atoms with E-state index in [1.54, 1.807) is 0 Å². The third-order valence-corrected chi connectivity index (χ3v) is 3.92. The second-order valence-electron chi connectivity index (χ2n) is 4.08. The molecular weight excluding hydrogens is 337 g/mol. The Morgan fingerprint density at radius 1 is 1.19 bits per heavy atom. The molecule has 0 saturated carbocycles. The number of carbonyl (C=O) groups is 1. The summed E-state index contributed by atoms with van der Waals surface area (Å²) in [4.78, 5) is 23.1. The highest BCUT2D eigenvalue weighted by atomic mass is 35.5. The van der Waals surface area contributed by atoms with Crippen LogP contribution >= 0.6 is 34.9 Å². The van der Waals surface area contributed by atoms with E-state index in [1.165, 1.54) is 18.3 Å². The van der Waals surface area contributed by atoms with Crippen LogP contribution in [0.3, 0.4) is 0 Å². The van der Waals surface area contributed by atoms with Gasteiger partial charge in [-0.25, -0.2) is 4.79 Å². The molecule has 1 aromatic carbocycles. The first-order chi connectivity index (χ1) is 9.99. The number of pyridine rings is 1. The third-order valence-electron chi connectivity index (χ3n) is 2.82. The number of nitrogens with zero attached hydrogens (tertiary/aromatic N) is 3. The molecule has 0 bridgehead atoms. The molecule has 0 atom stereocenters. The van der Waals surface area contributed by atoms with E-state index in [1.807, 2.05) is 0 Å². The maximum Gasteiger partial charge on any atom is 0.337 e. The predicted octanol–water partition coefficient (Wildman–Crippen LogP) is 2.85. The molecule has 2 aromatic heterocycles. The molecule has 6 nitrogen and oxygen atoms in total. The average Bonchev–Trinajstić information content (AvgIpc) is 2.90. The number of halogens is 2. The van der Waals surface area contributed by atoms with Crippen molar-refractivity contribution in [2.45, 2.75) is 0 Å². The Morgan fingerprint density at radius 2 is 1.90 bits per heavy atom. The number of aromatic carboxylic acids is 1. The molecule has 0 spiro atoms. The van der Waals surface area contributed by atoms with Gasteiger partial charge in [0.2, 0.25) is 0 Å². The number of hydrogen-bond acceptors (Lipinski definition) is 5. The quantitative estimate of drug-likeness (QED) is 0.774. The molecule has 0 aliphatic rings. The molecule has 0 saturated heterocycles. The van der Waals surface area contributed by atoms with Gasteiger partial charge in [0.15, 0.2) is 0 Å². The summed E-state index contributed by atoms with van der Waals surface area (Å²) in [5.41, 5.74) is 0.546. The number of rotatable bonds is 2. The summed E-state index contributed by atoms with van der Waals surface area (Å²) in [5.74, 6) is -1.15. The van der Waals surface area contributed by atoms with E-state index < -0.39 is 11.5 Å². The van der Waals surface area contributed by atoms with Crippen molar-refractivity contribution in [2.75, 3.05) is 0 Å². The van der Waals surface area contributed by atoms with Crippen molar-refractivity contribution in [1.82, 2.24) is 13.3 Å². The molecule has 106 valence electrons. The van der Waals surface area contributed by atoms with E-state index in [0.29, 0.717) is 16.1 Å². The molecule has 2 heterocycles.